The number of carboxylic acid groups (broad SMARTS) is 1. The summed E-state index contributed by atoms with van der Waals surface area (Å²) in [6, 6.07) is -0.792. The highest BCUT2D eigenvalue weighted by Crippen LogP contribution is 2.22. The van der Waals surface area contributed by atoms with Crippen LogP contribution in [-0.2, 0) is 4.79 Å². The van der Waals surface area contributed by atoms with E-state index in [1.807, 2.05) is 6.92 Å². The van der Waals surface area contributed by atoms with Crippen LogP contribution < -0.4 is 5.73 Å². The van der Waals surface area contributed by atoms with E-state index in [1.54, 1.807) is 6.92 Å². The molecule has 1 aromatic heterocycles. The lowest BCUT2D eigenvalue weighted by Crippen LogP contribution is -2.28. The van der Waals surface area contributed by atoms with Crippen molar-refractivity contribution in [2.45, 2.75) is 19.9 Å². The van der Waals surface area contributed by atoms with Gasteiger partial charge in [-0.3, -0.25) is 4.68 Å². The number of aliphatic carboxylic acids is 1. The third-order valence-corrected chi connectivity index (χ3v) is 3.19. The van der Waals surface area contributed by atoms with Crippen LogP contribution in [0.4, 0.5) is 0 Å². The Hall–Kier alpha value is -0.880. The molecule has 0 bridgehead atoms. The number of rotatable bonds is 3. The molecule has 0 amide bonds. The second kappa shape index (κ2) is 4.10. The molecule has 0 aliphatic rings. The average Bonchev–Trinajstić information content (AvgIpc) is 2.35. The van der Waals surface area contributed by atoms with Crippen molar-refractivity contribution in [3.8, 4) is 0 Å². The molecule has 1 aromatic rings. The van der Waals surface area contributed by atoms with Gasteiger partial charge in [-0.05, 0) is 29.8 Å². The van der Waals surface area contributed by atoms with Gasteiger partial charge in [0, 0.05) is 6.54 Å². The predicted octanol–water partition coefficient (Wildman–Crippen LogP) is 0.847. The lowest BCUT2D eigenvalue weighted by molar-refractivity contribution is -0.140. The number of nitrogens with two attached hydrogens (primary N) is 1. The first kappa shape index (κ1) is 11.2. The molecule has 0 radical (unpaired) electrons. The van der Waals surface area contributed by atoms with Gasteiger partial charge in [-0.1, -0.05) is 0 Å². The molecule has 1 heterocycles. The number of carboxylic acids is 1. The average molecular weight is 262 g/mol. The molecule has 0 aliphatic carbocycles. The zero-order valence-corrected chi connectivity index (χ0v) is 9.58. The lowest BCUT2D eigenvalue weighted by Gasteiger charge is -2.11. The molecule has 1 atom stereocenters. The summed E-state index contributed by atoms with van der Waals surface area (Å²) in [5.74, 6) is -0.967. The van der Waals surface area contributed by atoms with Crippen molar-refractivity contribution in [1.29, 1.82) is 0 Å². The first-order valence-corrected chi connectivity index (χ1v) is 4.92. The van der Waals surface area contributed by atoms with Gasteiger partial charge in [0.15, 0.2) is 6.04 Å². The molecule has 0 saturated heterocycles. The first-order chi connectivity index (χ1) is 6.49. The summed E-state index contributed by atoms with van der Waals surface area (Å²) in [5.41, 5.74) is 6.92. The van der Waals surface area contributed by atoms with E-state index in [1.165, 1.54) is 4.68 Å². The van der Waals surface area contributed by atoms with E-state index >= 15 is 0 Å². The highest BCUT2D eigenvalue weighted by atomic mass is 79.9. The van der Waals surface area contributed by atoms with Crippen LogP contribution in [0.1, 0.15) is 17.4 Å². The summed E-state index contributed by atoms with van der Waals surface area (Å²) in [5, 5.41) is 13.0. The maximum Gasteiger partial charge on any atom is 0.329 e. The van der Waals surface area contributed by atoms with Crippen LogP contribution in [0, 0.1) is 13.8 Å². The minimum absolute atomic E-state index is 0.0315. The van der Waals surface area contributed by atoms with E-state index in [4.69, 9.17) is 10.8 Å². The third-order valence-electron chi connectivity index (χ3n) is 2.04. The minimum Gasteiger partial charge on any atom is -0.480 e. The molecule has 0 fully saturated rings. The number of aryl methyl sites for hydroxylation is 1. The predicted molar refractivity (Wildman–Crippen MR) is 55.1 cm³/mol. The van der Waals surface area contributed by atoms with Gasteiger partial charge in [0.1, 0.15) is 0 Å². The Bertz CT molecular complexity index is 362. The molecular formula is C8H12BrN3O2. The zero-order valence-electron chi connectivity index (χ0n) is 7.99. The van der Waals surface area contributed by atoms with E-state index in [2.05, 4.69) is 21.0 Å². The van der Waals surface area contributed by atoms with Crippen molar-refractivity contribution in [2.24, 2.45) is 5.73 Å². The Morgan fingerprint density at radius 1 is 1.71 bits per heavy atom. The van der Waals surface area contributed by atoms with Crippen molar-refractivity contribution in [3.63, 3.8) is 0 Å². The number of hydrogen-bond donors (Lipinski definition) is 2. The Kier molecular flexibility index (Phi) is 3.28. The Labute approximate surface area is 90.0 Å². The van der Waals surface area contributed by atoms with Crippen LogP contribution in [0.25, 0.3) is 0 Å². The monoisotopic (exact) mass is 261 g/mol. The van der Waals surface area contributed by atoms with E-state index in [0.717, 1.165) is 15.9 Å². The number of carbonyl (C=O) groups is 1. The second-order valence-corrected chi connectivity index (χ2v) is 3.81. The van der Waals surface area contributed by atoms with E-state index < -0.39 is 12.0 Å². The number of nitrogens with zero attached hydrogens (tertiary/aromatic N) is 2. The van der Waals surface area contributed by atoms with E-state index in [9.17, 15) is 4.79 Å². The van der Waals surface area contributed by atoms with Crippen molar-refractivity contribution in [2.75, 3.05) is 6.54 Å². The maximum atomic E-state index is 10.8. The zero-order chi connectivity index (χ0) is 10.9. The smallest absolute Gasteiger partial charge is 0.329 e. The van der Waals surface area contributed by atoms with Gasteiger partial charge in [-0.2, -0.15) is 5.10 Å². The number of hydrogen-bond acceptors (Lipinski definition) is 3. The molecule has 3 N–H and O–H groups in total. The molecule has 78 valence electrons. The Balaban J connectivity index is 3.17. The fraction of sp³-hybridized carbons (Fsp3) is 0.500. The normalized spacial score (nSPS) is 12.9. The first-order valence-electron chi connectivity index (χ1n) is 4.13. The molecule has 5 nitrogen and oxygen atoms in total. The molecule has 0 aromatic carbocycles. The quantitative estimate of drug-likeness (QED) is 0.846. The summed E-state index contributed by atoms with van der Waals surface area (Å²) in [6.45, 7) is 3.64. The van der Waals surface area contributed by atoms with Crippen LogP contribution in [-0.4, -0.2) is 27.4 Å². The number of halogens is 1. The summed E-state index contributed by atoms with van der Waals surface area (Å²) < 4.78 is 2.26. The Morgan fingerprint density at radius 3 is 2.57 bits per heavy atom. The summed E-state index contributed by atoms with van der Waals surface area (Å²) in [6.07, 6.45) is 0. The molecular weight excluding hydrogens is 250 g/mol. The van der Waals surface area contributed by atoms with Crippen LogP contribution in [0.2, 0.25) is 0 Å². The van der Waals surface area contributed by atoms with E-state index in [-0.39, 0.29) is 6.54 Å². The van der Waals surface area contributed by atoms with Crippen molar-refractivity contribution in [3.05, 3.63) is 15.9 Å². The van der Waals surface area contributed by atoms with Gasteiger partial charge >= 0.3 is 5.97 Å². The molecule has 1 unspecified atom stereocenters. The molecule has 6 heteroatoms. The summed E-state index contributed by atoms with van der Waals surface area (Å²) >= 11 is 3.33. The van der Waals surface area contributed by atoms with Gasteiger partial charge in [-0.25, -0.2) is 4.79 Å². The largest absolute Gasteiger partial charge is 0.480 e. The highest BCUT2D eigenvalue weighted by Gasteiger charge is 2.22. The van der Waals surface area contributed by atoms with Crippen LogP contribution >= 0.6 is 15.9 Å². The maximum absolute atomic E-state index is 10.8. The van der Waals surface area contributed by atoms with Crippen LogP contribution in [0.3, 0.4) is 0 Å². The standard InChI is InChI=1S/C8H12BrN3O2/c1-4-7(9)5(2)12(11-4)6(3-10)8(13)14/h6H,3,10H2,1-2H3,(H,13,14). The third kappa shape index (κ3) is 1.80. The molecule has 14 heavy (non-hydrogen) atoms. The summed E-state index contributed by atoms with van der Waals surface area (Å²) in [7, 11) is 0. The molecule has 0 aliphatic heterocycles. The lowest BCUT2D eigenvalue weighted by atomic mass is 10.3. The van der Waals surface area contributed by atoms with Gasteiger partial charge in [0.25, 0.3) is 0 Å². The van der Waals surface area contributed by atoms with Crippen LogP contribution in [0.15, 0.2) is 4.47 Å². The Morgan fingerprint density at radius 2 is 2.29 bits per heavy atom. The molecule has 0 saturated carbocycles. The van der Waals surface area contributed by atoms with Crippen molar-refractivity contribution >= 4 is 21.9 Å². The van der Waals surface area contributed by atoms with Gasteiger partial charge in [0.2, 0.25) is 0 Å². The SMILES string of the molecule is Cc1nn(C(CN)C(=O)O)c(C)c1Br. The van der Waals surface area contributed by atoms with Gasteiger partial charge in [0.05, 0.1) is 15.9 Å². The summed E-state index contributed by atoms with van der Waals surface area (Å²) in [4.78, 5) is 10.8. The molecule has 0 spiro atoms. The van der Waals surface area contributed by atoms with Crippen molar-refractivity contribution < 1.29 is 9.90 Å². The number of aromatic nitrogens is 2. The fourth-order valence-corrected chi connectivity index (χ4v) is 1.51. The molecule has 1 rings (SSSR count). The minimum atomic E-state index is -0.967. The fourth-order valence-electron chi connectivity index (χ4n) is 1.25. The van der Waals surface area contributed by atoms with E-state index in [0.29, 0.717) is 0 Å². The van der Waals surface area contributed by atoms with Crippen molar-refractivity contribution in [1.82, 2.24) is 9.78 Å². The van der Waals surface area contributed by atoms with Gasteiger partial charge < -0.3 is 10.8 Å². The van der Waals surface area contributed by atoms with Gasteiger partial charge in [-0.15, -0.1) is 0 Å². The van der Waals surface area contributed by atoms with Crippen LogP contribution in [0.5, 0.6) is 0 Å². The second-order valence-electron chi connectivity index (χ2n) is 3.02. The topological polar surface area (TPSA) is 81.1 Å². The highest BCUT2D eigenvalue weighted by molar-refractivity contribution is 9.10.